The van der Waals surface area contributed by atoms with Crippen molar-refractivity contribution in [3.8, 4) is 5.75 Å². The number of rotatable bonds is 4. The fourth-order valence-electron chi connectivity index (χ4n) is 1.17. The Morgan fingerprint density at radius 2 is 2.24 bits per heavy atom. The van der Waals surface area contributed by atoms with Crippen LogP contribution in [0.4, 0.5) is 0 Å². The zero-order chi connectivity index (χ0) is 12.9. The normalized spacial score (nSPS) is 12.5. The molecule has 1 aromatic rings. The van der Waals surface area contributed by atoms with E-state index >= 15 is 0 Å². The lowest BCUT2D eigenvalue weighted by Gasteiger charge is -2.18. The van der Waals surface area contributed by atoms with Crippen LogP contribution in [0.2, 0.25) is 0 Å². The Hall–Kier alpha value is -1.78. The van der Waals surface area contributed by atoms with Crippen LogP contribution in [0, 0.1) is 5.41 Å². The Morgan fingerprint density at radius 1 is 1.53 bits per heavy atom. The molecular formula is C12H19N3O2. The Kier molecular flexibility index (Phi) is 4.31. The summed E-state index contributed by atoms with van der Waals surface area (Å²) in [6.45, 7) is 7.10. The summed E-state index contributed by atoms with van der Waals surface area (Å²) in [4.78, 5) is 3.97. The first-order chi connectivity index (χ1) is 7.92. The second-order valence-electron chi connectivity index (χ2n) is 5.02. The minimum atomic E-state index is -0.0220. The van der Waals surface area contributed by atoms with E-state index in [4.69, 9.17) is 15.7 Å². The quantitative estimate of drug-likeness (QED) is 0.363. The van der Waals surface area contributed by atoms with Gasteiger partial charge in [-0.3, -0.25) is 4.98 Å². The Balaban J connectivity index is 2.61. The third-order valence-corrected chi connectivity index (χ3v) is 2.22. The van der Waals surface area contributed by atoms with Crippen LogP contribution in [0.15, 0.2) is 23.5 Å². The van der Waals surface area contributed by atoms with E-state index < -0.39 is 0 Å². The fourth-order valence-corrected chi connectivity index (χ4v) is 1.17. The van der Waals surface area contributed by atoms with E-state index in [1.807, 2.05) is 0 Å². The fraction of sp³-hybridized carbons (Fsp3) is 0.500. The molecule has 0 aromatic carbocycles. The first-order valence-corrected chi connectivity index (χ1v) is 5.49. The summed E-state index contributed by atoms with van der Waals surface area (Å²) in [6.07, 6.45) is 2.52. The van der Waals surface area contributed by atoms with Crippen molar-refractivity contribution in [3.05, 3.63) is 24.0 Å². The molecule has 0 amide bonds. The van der Waals surface area contributed by atoms with E-state index in [0.717, 1.165) is 6.42 Å². The molecule has 17 heavy (non-hydrogen) atoms. The number of nitrogens with zero attached hydrogens (tertiary/aromatic N) is 2. The highest BCUT2D eigenvalue weighted by Gasteiger charge is 2.10. The summed E-state index contributed by atoms with van der Waals surface area (Å²) in [6, 6.07) is 3.40. The van der Waals surface area contributed by atoms with Crippen LogP contribution >= 0.6 is 0 Å². The van der Waals surface area contributed by atoms with Crippen LogP contribution in [0.3, 0.4) is 0 Å². The van der Waals surface area contributed by atoms with Gasteiger partial charge in [-0.05, 0) is 17.9 Å². The molecule has 0 spiro atoms. The first kappa shape index (κ1) is 13.3. The molecule has 0 aliphatic carbocycles. The topological polar surface area (TPSA) is 80.7 Å². The van der Waals surface area contributed by atoms with Crippen molar-refractivity contribution >= 4 is 5.84 Å². The summed E-state index contributed by atoms with van der Waals surface area (Å²) >= 11 is 0. The molecular weight excluding hydrogens is 218 g/mol. The molecule has 1 heterocycles. The zero-order valence-electron chi connectivity index (χ0n) is 10.5. The zero-order valence-corrected chi connectivity index (χ0v) is 10.5. The molecule has 1 aromatic heterocycles. The summed E-state index contributed by atoms with van der Waals surface area (Å²) in [7, 11) is 0. The van der Waals surface area contributed by atoms with Gasteiger partial charge in [0.05, 0.1) is 6.61 Å². The highest BCUT2D eigenvalue weighted by atomic mass is 16.5. The molecule has 5 nitrogen and oxygen atoms in total. The number of hydrogen-bond acceptors (Lipinski definition) is 4. The lowest BCUT2D eigenvalue weighted by molar-refractivity contribution is 0.243. The number of amidine groups is 1. The van der Waals surface area contributed by atoms with Gasteiger partial charge < -0.3 is 15.7 Å². The van der Waals surface area contributed by atoms with Gasteiger partial charge in [0, 0.05) is 12.3 Å². The minimum Gasteiger partial charge on any atom is -0.493 e. The third-order valence-electron chi connectivity index (χ3n) is 2.22. The number of nitrogens with two attached hydrogens (primary N) is 1. The molecule has 0 atom stereocenters. The van der Waals surface area contributed by atoms with E-state index in [9.17, 15) is 0 Å². The van der Waals surface area contributed by atoms with Crippen LogP contribution in [-0.2, 0) is 0 Å². The van der Waals surface area contributed by atoms with Crippen LogP contribution in [-0.4, -0.2) is 22.6 Å². The third kappa shape index (κ3) is 4.72. The number of aromatic nitrogens is 1. The van der Waals surface area contributed by atoms with Crippen molar-refractivity contribution in [2.45, 2.75) is 27.2 Å². The van der Waals surface area contributed by atoms with Crippen molar-refractivity contribution in [2.75, 3.05) is 6.61 Å². The maximum Gasteiger partial charge on any atom is 0.188 e. The van der Waals surface area contributed by atoms with Crippen molar-refractivity contribution in [1.29, 1.82) is 0 Å². The van der Waals surface area contributed by atoms with E-state index in [2.05, 4.69) is 30.9 Å². The highest BCUT2D eigenvalue weighted by molar-refractivity contribution is 5.95. The van der Waals surface area contributed by atoms with Gasteiger partial charge in [0.2, 0.25) is 0 Å². The molecule has 94 valence electrons. The molecule has 0 saturated carbocycles. The van der Waals surface area contributed by atoms with Crippen molar-refractivity contribution < 1.29 is 9.94 Å². The maximum absolute atomic E-state index is 8.54. The van der Waals surface area contributed by atoms with Gasteiger partial charge in [-0.25, -0.2) is 0 Å². The number of hydrogen-bond donors (Lipinski definition) is 2. The summed E-state index contributed by atoms with van der Waals surface area (Å²) < 4.78 is 5.59. The van der Waals surface area contributed by atoms with E-state index in [1.54, 1.807) is 18.3 Å². The average molecular weight is 237 g/mol. The summed E-state index contributed by atoms with van der Waals surface area (Å²) in [5.74, 6) is 0.650. The lowest BCUT2D eigenvalue weighted by atomic mass is 9.93. The molecule has 0 bridgehead atoms. The van der Waals surface area contributed by atoms with Gasteiger partial charge in [-0.1, -0.05) is 25.9 Å². The van der Waals surface area contributed by atoms with Crippen LogP contribution in [0.5, 0.6) is 5.75 Å². The molecule has 0 aliphatic rings. The SMILES string of the molecule is CC(C)(C)CCOc1ccnc(C(N)=NO)c1. The first-order valence-electron chi connectivity index (χ1n) is 5.49. The van der Waals surface area contributed by atoms with Crippen molar-refractivity contribution in [3.63, 3.8) is 0 Å². The Bertz CT molecular complexity index is 397. The summed E-state index contributed by atoms with van der Waals surface area (Å²) in [5.41, 5.74) is 6.08. The monoisotopic (exact) mass is 237 g/mol. The van der Waals surface area contributed by atoms with Crippen LogP contribution in [0.25, 0.3) is 0 Å². The predicted molar refractivity (Wildman–Crippen MR) is 66.3 cm³/mol. The number of ether oxygens (including phenoxy) is 1. The van der Waals surface area contributed by atoms with Gasteiger partial charge in [-0.2, -0.15) is 0 Å². The Labute approximate surface area is 101 Å². The molecule has 0 saturated heterocycles. The second kappa shape index (κ2) is 5.52. The second-order valence-corrected chi connectivity index (χ2v) is 5.02. The maximum atomic E-state index is 8.54. The average Bonchev–Trinajstić information content (AvgIpc) is 2.27. The van der Waals surface area contributed by atoms with Crippen molar-refractivity contribution in [2.24, 2.45) is 16.3 Å². The largest absolute Gasteiger partial charge is 0.493 e. The van der Waals surface area contributed by atoms with Gasteiger partial charge in [0.15, 0.2) is 5.84 Å². The molecule has 1 rings (SSSR count). The smallest absolute Gasteiger partial charge is 0.188 e. The summed E-state index contributed by atoms with van der Waals surface area (Å²) in [5, 5.41) is 11.4. The molecule has 3 N–H and O–H groups in total. The standard InChI is InChI=1S/C12H19N3O2/c1-12(2,3)5-7-17-9-4-6-14-10(8-9)11(13)15-16/h4,6,8,16H,5,7H2,1-3H3,(H2,13,15). The lowest BCUT2D eigenvalue weighted by Crippen LogP contribution is -2.15. The Morgan fingerprint density at radius 3 is 2.82 bits per heavy atom. The van der Waals surface area contributed by atoms with Crippen LogP contribution in [0.1, 0.15) is 32.9 Å². The van der Waals surface area contributed by atoms with Gasteiger partial charge in [-0.15, -0.1) is 0 Å². The van der Waals surface area contributed by atoms with E-state index in [1.165, 1.54) is 0 Å². The molecule has 0 aliphatic heterocycles. The number of oxime groups is 1. The highest BCUT2D eigenvalue weighted by Crippen LogP contribution is 2.19. The van der Waals surface area contributed by atoms with Crippen molar-refractivity contribution in [1.82, 2.24) is 4.98 Å². The van der Waals surface area contributed by atoms with E-state index in [-0.39, 0.29) is 11.3 Å². The van der Waals surface area contributed by atoms with Crippen LogP contribution < -0.4 is 10.5 Å². The molecule has 0 radical (unpaired) electrons. The molecule has 0 fully saturated rings. The predicted octanol–water partition coefficient (Wildman–Crippen LogP) is 1.99. The van der Waals surface area contributed by atoms with Gasteiger partial charge >= 0.3 is 0 Å². The molecule has 5 heteroatoms. The van der Waals surface area contributed by atoms with Gasteiger partial charge in [0.25, 0.3) is 0 Å². The minimum absolute atomic E-state index is 0.0220. The number of pyridine rings is 1. The molecule has 0 unspecified atom stereocenters. The van der Waals surface area contributed by atoms with Gasteiger partial charge in [0.1, 0.15) is 11.4 Å². The van der Waals surface area contributed by atoms with E-state index in [0.29, 0.717) is 18.1 Å².